The molecule has 2 aromatic carbocycles. The maximum absolute atomic E-state index is 11.3. The van der Waals surface area contributed by atoms with E-state index in [-0.39, 0.29) is 16.3 Å². The number of alkyl halides is 2. The van der Waals surface area contributed by atoms with Gasteiger partial charge in [0.2, 0.25) is 0 Å². The Hall–Kier alpha value is -2.11. The number of rotatable bonds is 8. The molecule has 0 saturated heterocycles. The van der Waals surface area contributed by atoms with Gasteiger partial charge in [-0.05, 0) is 56.7 Å². The highest BCUT2D eigenvalue weighted by Gasteiger charge is 2.13. The van der Waals surface area contributed by atoms with Gasteiger partial charge in [0, 0.05) is 29.5 Å². The second-order valence-electron chi connectivity index (χ2n) is 6.46. The average molecular weight is 408 g/mol. The van der Waals surface area contributed by atoms with Gasteiger partial charge in [-0.3, -0.25) is 0 Å². The van der Waals surface area contributed by atoms with Crippen molar-refractivity contribution in [2.45, 2.75) is 31.5 Å². The van der Waals surface area contributed by atoms with Crippen LogP contribution >= 0.6 is 23.2 Å². The fraction of sp³-hybridized carbons (Fsp3) is 0.350. The topological polar surface area (TPSA) is 65.3 Å². The number of hydrogen-bond donors (Lipinski definition) is 1. The van der Waals surface area contributed by atoms with E-state index in [1.54, 1.807) is 18.2 Å². The molecule has 0 unspecified atom stereocenters. The molecule has 1 N–H and O–H groups in total. The predicted octanol–water partition coefficient (Wildman–Crippen LogP) is 6.17. The third-order valence-corrected chi connectivity index (χ3v) is 4.17. The molecule has 0 aromatic heterocycles. The second kappa shape index (κ2) is 9.72. The Morgan fingerprint density at radius 1 is 1.04 bits per heavy atom. The van der Waals surface area contributed by atoms with Crippen molar-refractivity contribution >= 4 is 46.2 Å². The lowest BCUT2D eigenvalue weighted by molar-refractivity contribution is 0.0697. The van der Waals surface area contributed by atoms with E-state index in [1.165, 1.54) is 6.07 Å². The van der Waals surface area contributed by atoms with Crippen molar-refractivity contribution in [2.75, 3.05) is 18.0 Å². The minimum absolute atomic E-state index is 0.00685. The van der Waals surface area contributed by atoms with E-state index in [2.05, 4.69) is 15.1 Å². The highest BCUT2D eigenvalue weighted by molar-refractivity contribution is 6.21. The number of carbonyl (C=O) groups is 1. The van der Waals surface area contributed by atoms with Gasteiger partial charge in [0.1, 0.15) is 5.69 Å². The van der Waals surface area contributed by atoms with Gasteiger partial charge < -0.3 is 10.0 Å². The van der Waals surface area contributed by atoms with Crippen LogP contribution in [0.4, 0.5) is 17.1 Å². The van der Waals surface area contributed by atoms with Gasteiger partial charge in [-0.2, -0.15) is 5.11 Å². The number of aromatic carboxylic acids is 1. The molecule has 0 saturated carbocycles. The third-order valence-electron chi connectivity index (χ3n) is 3.89. The summed E-state index contributed by atoms with van der Waals surface area (Å²) in [6.07, 6.45) is 0. The van der Waals surface area contributed by atoms with Crippen molar-refractivity contribution in [3.63, 3.8) is 0 Å². The van der Waals surface area contributed by atoms with Crippen LogP contribution < -0.4 is 4.90 Å². The molecule has 0 bridgehead atoms. The van der Waals surface area contributed by atoms with Crippen LogP contribution in [0.3, 0.4) is 0 Å². The second-order valence-corrected chi connectivity index (χ2v) is 7.95. The number of anilines is 1. The number of nitrogens with zero attached hydrogens (tertiary/aromatic N) is 3. The monoisotopic (exact) mass is 407 g/mol. The molecule has 2 atom stereocenters. The summed E-state index contributed by atoms with van der Waals surface area (Å²) in [7, 11) is 0. The zero-order valence-electron chi connectivity index (χ0n) is 15.6. The van der Waals surface area contributed by atoms with Gasteiger partial charge in [-0.1, -0.05) is 12.1 Å². The van der Waals surface area contributed by atoms with Gasteiger partial charge in [0.05, 0.1) is 11.3 Å². The van der Waals surface area contributed by atoms with Gasteiger partial charge >= 0.3 is 5.97 Å². The summed E-state index contributed by atoms with van der Waals surface area (Å²) in [6, 6.07) is 12.3. The molecule has 0 aliphatic carbocycles. The summed E-state index contributed by atoms with van der Waals surface area (Å²) in [6.45, 7) is 7.20. The van der Waals surface area contributed by atoms with Gasteiger partial charge in [-0.15, -0.1) is 28.3 Å². The van der Waals surface area contributed by atoms with Crippen LogP contribution in [0.15, 0.2) is 52.7 Å². The minimum Gasteiger partial charge on any atom is -0.478 e. The lowest BCUT2D eigenvalue weighted by atomic mass is 10.1. The van der Waals surface area contributed by atoms with Crippen molar-refractivity contribution in [1.29, 1.82) is 0 Å². The third kappa shape index (κ3) is 6.22. The lowest BCUT2D eigenvalue weighted by Crippen LogP contribution is -2.33. The van der Waals surface area contributed by atoms with Crippen LogP contribution in [0.1, 0.15) is 29.8 Å². The number of benzene rings is 2. The summed E-state index contributed by atoms with van der Waals surface area (Å²) in [5.41, 5.74) is 3.06. The van der Waals surface area contributed by atoms with Crippen LogP contribution in [0.5, 0.6) is 0 Å². The van der Waals surface area contributed by atoms with E-state index < -0.39 is 5.97 Å². The Labute approximate surface area is 169 Å². The standard InChI is InChI=1S/C20H23Cl2N3O2/c1-13-10-16(25(11-14(2)21)12-15(3)22)8-9-18(13)23-24-19-7-5-4-6-17(19)20(26)27/h4-10,14-15H,11-12H2,1-3H3,(H,26,27)/t14-,15+. The van der Waals surface area contributed by atoms with Crippen molar-refractivity contribution < 1.29 is 9.90 Å². The maximum atomic E-state index is 11.3. The van der Waals surface area contributed by atoms with E-state index in [9.17, 15) is 9.90 Å². The molecule has 0 heterocycles. The quantitative estimate of drug-likeness (QED) is 0.420. The number of aryl methyl sites for hydroxylation is 1. The molecule has 27 heavy (non-hydrogen) atoms. The fourth-order valence-electron chi connectivity index (χ4n) is 2.69. The SMILES string of the molecule is Cc1cc(N(C[C@H](C)Cl)C[C@@H](C)Cl)ccc1N=Nc1ccccc1C(=O)O. The average Bonchev–Trinajstić information content (AvgIpc) is 2.59. The van der Waals surface area contributed by atoms with Crippen molar-refractivity contribution in [3.8, 4) is 0 Å². The van der Waals surface area contributed by atoms with E-state index in [4.69, 9.17) is 23.2 Å². The first-order valence-corrected chi connectivity index (χ1v) is 9.53. The summed E-state index contributed by atoms with van der Waals surface area (Å²) in [5, 5.41) is 17.6. The van der Waals surface area contributed by atoms with Crippen LogP contribution in [0.2, 0.25) is 0 Å². The summed E-state index contributed by atoms with van der Waals surface area (Å²) >= 11 is 12.3. The van der Waals surface area contributed by atoms with Crippen molar-refractivity contribution in [3.05, 3.63) is 53.6 Å². The van der Waals surface area contributed by atoms with E-state index in [1.807, 2.05) is 39.0 Å². The molecule has 0 aliphatic heterocycles. The molecule has 2 rings (SSSR count). The maximum Gasteiger partial charge on any atom is 0.337 e. The van der Waals surface area contributed by atoms with Gasteiger partial charge in [-0.25, -0.2) is 4.79 Å². The Balaban J connectivity index is 2.27. The van der Waals surface area contributed by atoms with E-state index in [0.29, 0.717) is 24.5 Å². The minimum atomic E-state index is -1.03. The molecule has 0 amide bonds. The zero-order chi connectivity index (χ0) is 20.0. The van der Waals surface area contributed by atoms with Gasteiger partial charge in [0.25, 0.3) is 0 Å². The molecule has 144 valence electrons. The van der Waals surface area contributed by atoms with Crippen LogP contribution in [-0.4, -0.2) is 34.9 Å². The van der Waals surface area contributed by atoms with Crippen LogP contribution in [0.25, 0.3) is 0 Å². The van der Waals surface area contributed by atoms with Gasteiger partial charge in [0.15, 0.2) is 0 Å². The summed E-state index contributed by atoms with van der Waals surface area (Å²) in [4.78, 5) is 13.4. The number of halogens is 2. The molecule has 2 aromatic rings. The van der Waals surface area contributed by atoms with Crippen LogP contribution in [-0.2, 0) is 0 Å². The number of azo groups is 1. The molecule has 0 radical (unpaired) electrons. The summed E-state index contributed by atoms with van der Waals surface area (Å²) < 4.78 is 0. The predicted molar refractivity (Wildman–Crippen MR) is 112 cm³/mol. The molecule has 0 fully saturated rings. The first-order valence-electron chi connectivity index (χ1n) is 8.65. The molecule has 0 aliphatic rings. The summed E-state index contributed by atoms with van der Waals surface area (Å²) in [5.74, 6) is -1.03. The molecule has 0 spiro atoms. The Kier molecular flexibility index (Phi) is 7.63. The van der Waals surface area contributed by atoms with E-state index >= 15 is 0 Å². The lowest BCUT2D eigenvalue weighted by Gasteiger charge is -2.27. The first-order chi connectivity index (χ1) is 12.8. The van der Waals surface area contributed by atoms with Crippen LogP contribution in [0, 0.1) is 6.92 Å². The largest absolute Gasteiger partial charge is 0.478 e. The molecule has 5 nitrogen and oxygen atoms in total. The Bertz CT molecular complexity index is 813. The van der Waals surface area contributed by atoms with Crippen molar-refractivity contribution in [1.82, 2.24) is 0 Å². The molecule has 7 heteroatoms. The first kappa shape index (κ1) is 21.2. The highest BCUT2D eigenvalue weighted by Crippen LogP contribution is 2.28. The van der Waals surface area contributed by atoms with Crippen molar-refractivity contribution in [2.24, 2.45) is 10.2 Å². The zero-order valence-corrected chi connectivity index (χ0v) is 17.1. The Morgan fingerprint density at radius 3 is 2.19 bits per heavy atom. The highest BCUT2D eigenvalue weighted by atomic mass is 35.5. The van der Waals surface area contributed by atoms with E-state index in [0.717, 1.165) is 11.3 Å². The molecular formula is C20H23Cl2N3O2. The fourth-order valence-corrected chi connectivity index (χ4v) is 3.02. The smallest absolute Gasteiger partial charge is 0.337 e. The number of hydrogen-bond acceptors (Lipinski definition) is 4. The molecular weight excluding hydrogens is 385 g/mol. The number of carboxylic acid groups (broad SMARTS) is 1. The normalized spacial score (nSPS) is 13.5. The number of carboxylic acids is 1. The Morgan fingerprint density at radius 2 is 1.63 bits per heavy atom.